The Morgan fingerprint density at radius 1 is 1.43 bits per heavy atom. The molecule has 1 aromatic heterocycles. The van der Waals surface area contributed by atoms with Crippen molar-refractivity contribution in [1.29, 1.82) is 0 Å². The van der Waals surface area contributed by atoms with E-state index in [-0.39, 0.29) is 6.54 Å². The van der Waals surface area contributed by atoms with Crippen LogP contribution in [0.3, 0.4) is 0 Å². The monoisotopic (exact) mass is 213 g/mol. The van der Waals surface area contributed by atoms with Gasteiger partial charge in [-0.25, -0.2) is 0 Å². The smallest absolute Gasteiger partial charge is 0.260 e. The van der Waals surface area contributed by atoms with Crippen LogP contribution in [0.1, 0.15) is 5.69 Å². The van der Waals surface area contributed by atoms with Crippen LogP contribution in [0.2, 0.25) is 0 Å². The highest BCUT2D eigenvalue weighted by Crippen LogP contribution is 2.09. The fraction of sp³-hybridized carbons (Fsp3) is 0.375. The van der Waals surface area contributed by atoms with Crippen molar-refractivity contribution in [3.63, 3.8) is 0 Å². The average Bonchev–Trinajstić information content (AvgIpc) is 3.00. The first kappa shape index (κ1) is 9.57. The molecule has 0 aliphatic carbocycles. The van der Waals surface area contributed by atoms with Crippen LogP contribution < -0.4 is 4.72 Å². The lowest BCUT2D eigenvalue weighted by atomic mass is 10.4. The van der Waals surface area contributed by atoms with Crippen molar-refractivity contribution >= 4 is 10.2 Å². The van der Waals surface area contributed by atoms with Gasteiger partial charge in [-0.15, -0.1) is 0 Å². The van der Waals surface area contributed by atoms with Gasteiger partial charge in [-0.3, -0.25) is 4.98 Å². The molecular weight excluding hydrogens is 202 g/mol. The normalized spacial score (nSPS) is 16.9. The number of rotatable bonds is 4. The topological polar surface area (TPSA) is 62.1 Å². The second kappa shape index (κ2) is 3.64. The van der Waals surface area contributed by atoms with Gasteiger partial charge in [-0.2, -0.15) is 17.4 Å². The first-order chi connectivity index (χ1) is 6.68. The molecular formula is C8H11N3O2S. The van der Waals surface area contributed by atoms with Crippen LogP contribution in [0.5, 0.6) is 0 Å². The van der Waals surface area contributed by atoms with E-state index < -0.39 is 10.2 Å². The predicted molar refractivity (Wildman–Crippen MR) is 51.6 cm³/mol. The van der Waals surface area contributed by atoms with E-state index in [4.69, 9.17) is 0 Å². The van der Waals surface area contributed by atoms with E-state index in [9.17, 15) is 8.42 Å². The van der Waals surface area contributed by atoms with Gasteiger partial charge in [-0.1, -0.05) is 6.07 Å². The maximum absolute atomic E-state index is 11.4. The lowest BCUT2D eigenvalue weighted by Gasteiger charge is -2.05. The fourth-order valence-electron chi connectivity index (χ4n) is 1.04. The zero-order valence-electron chi connectivity index (χ0n) is 7.55. The lowest BCUT2D eigenvalue weighted by Crippen LogP contribution is -2.29. The molecule has 0 aromatic carbocycles. The maximum Gasteiger partial charge on any atom is 0.279 e. The minimum atomic E-state index is -3.24. The van der Waals surface area contributed by atoms with Crippen molar-refractivity contribution in [3.8, 4) is 0 Å². The Bertz CT molecular complexity index is 400. The van der Waals surface area contributed by atoms with E-state index in [0.717, 1.165) is 5.69 Å². The second-order valence-corrected chi connectivity index (χ2v) is 4.80. The Kier molecular flexibility index (Phi) is 2.49. The molecule has 0 amide bonds. The Hall–Kier alpha value is -0.980. The number of nitrogens with one attached hydrogen (secondary N) is 1. The first-order valence-electron chi connectivity index (χ1n) is 4.33. The van der Waals surface area contributed by atoms with Crippen molar-refractivity contribution in [3.05, 3.63) is 30.1 Å². The molecule has 14 heavy (non-hydrogen) atoms. The summed E-state index contributed by atoms with van der Waals surface area (Å²) in [5, 5.41) is 0. The molecule has 0 atom stereocenters. The summed E-state index contributed by atoms with van der Waals surface area (Å²) < 4.78 is 26.6. The first-order valence-corrected chi connectivity index (χ1v) is 5.77. The summed E-state index contributed by atoms with van der Waals surface area (Å²) in [4.78, 5) is 4.02. The van der Waals surface area contributed by atoms with Crippen LogP contribution in [-0.2, 0) is 16.8 Å². The molecule has 0 bridgehead atoms. The van der Waals surface area contributed by atoms with Crippen LogP contribution in [0.25, 0.3) is 0 Å². The SMILES string of the molecule is O=S(=O)(NCc1ccccn1)N1CC1. The zero-order chi connectivity index (χ0) is 10.0. The van der Waals surface area contributed by atoms with Gasteiger partial charge in [0.1, 0.15) is 0 Å². The second-order valence-electron chi connectivity index (χ2n) is 3.05. The quantitative estimate of drug-likeness (QED) is 0.700. The van der Waals surface area contributed by atoms with Crippen LogP contribution in [0.15, 0.2) is 24.4 Å². The Morgan fingerprint density at radius 3 is 2.79 bits per heavy atom. The number of aromatic nitrogens is 1. The molecule has 1 aromatic rings. The summed E-state index contributed by atoms with van der Waals surface area (Å²) >= 11 is 0. The van der Waals surface area contributed by atoms with Gasteiger partial charge in [-0.05, 0) is 12.1 Å². The molecule has 0 spiro atoms. The van der Waals surface area contributed by atoms with E-state index in [0.29, 0.717) is 13.1 Å². The molecule has 5 nitrogen and oxygen atoms in total. The third kappa shape index (κ3) is 2.28. The summed E-state index contributed by atoms with van der Waals surface area (Å²) in [6, 6.07) is 5.40. The highest BCUT2D eigenvalue weighted by atomic mass is 32.2. The van der Waals surface area contributed by atoms with E-state index in [1.54, 1.807) is 18.3 Å². The molecule has 76 valence electrons. The van der Waals surface area contributed by atoms with Gasteiger partial charge in [0.15, 0.2) is 0 Å². The summed E-state index contributed by atoms with van der Waals surface area (Å²) in [7, 11) is -3.24. The molecule has 2 rings (SSSR count). The van der Waals surface area contributed by atoms with Gasteiger partial charge in [0, 0.05) is 19.3 Å². The van der Waals surface area contributed by atoms with Crippen molar-refractivity contribution in [2.75, 3.05) is 13.1 Å². The number of pyridine rings is 1. The summed E-state index contributed by atoms with van der Waals surface area (Å²) in [6.07, 6.45) is 1.64. The van der Waals surface area contributed by atoms with E-state index in [2.05, 4.69) is 9.71 Å². The molecule has 1 aliphatic heterocycles. The average molecular weight is 213 g/mol. The Morgan fingerprint density at radius 2 is 2.21 bits per heavy atom. The molecule has 0 unspecified atom stereocenters. The molecule has 2 heterocycles. The minimum Gasteiger partial charge on any atom is -0.260 e. The van der Waals surface area contributed by atoms with Crippen molar-refractivity contribution in [2.45, 2.75) is 6.54 Å². The molecule has 1 aliphatic rings. The summed E-state index contributed by atoms with van der Waals surface area (Å²) in [6.45, 7) is 1.49. The van der Waals surface area contributed by atoms with Gasteiger partial charge >= 0.3 is 0 Å². The molecule has 0 saturated carbocycles. The maximum atomic E-state index is 11.4. The number of nitrogens with zero attached hydrogens (tertiary/aromatic N) is 2. The van der Waals surface area contributed by atoms with Crippen molar-refractivity contribution in [2.24, 2.45) is 0 Å². The summed E-state index contributed by atoms with van der Waals surface area (Å²) in [5.41, 5.74) is 0.720. The van der Waals surface area contributed by atoms with E-state index in [1.165, 1.54) is 4.31 Å². The molecule has 1 N–H and O–H groups in total. The van der Waals surface area contributed by atoms with Crippen molar-refractivity contribution < 1.29 is 8.42 Å². The van der Waals surface area contributed by atoms with Crippen LogP contribution >= 0.6 is 0 Å². The van der Waals surface area contributed by atoms with Gasteiger partial charge in [0.05, 0.1) is 12.2 Å². The molecule has 1 fully saturated rings. The van der Waals surface area contributed by atoms with Gasteiger partial charge in [0.2, 0.25) is 0 Å². The van der Waals surface area contributed by atoms with Crippen LogP contribution in [0.4, 0.5) is 0 Å². The van der Waals surface area contributed by atoms with E-state index >= 15 is 0 Å². The van der Waals surface area contributed by atoms with Gasteiger partial charge in [0.25, 0.3) is 10.2 Å². The largest absolute Gasteiger partial charge is 0.279 e. The Labute approximate surface area is 82.9 Å². The number of hydrogen-bond acceptors (Lipinski definition) is 3. The van der Waals surface area contributed by atoms with Gasteiger partial charge < -0.3 is 0 Å². The van der Waals surface area contributed by atoms with E-state index in [1.807, 2.05) is 6.07 Å². The molecule has 1 saturated heterocycles. The third-order valence-electron chi connectivity index (χ3n) is 1.91. The summed E-state index contributed by atoms with van der Waals surface area (Å²) in [5.74, 6) is 0. The van der Waals surface area contributed by atoms with Crippen LogP contribution in [0, 0.1) is 0 Å². The van der Waals surface area contributed by atoms with Crippen LogP contribution in [-0.4, -0.2) is 30.8 Å². The Balaban J connectivity index is 1.94. The minimum absolute atomic E-state index is 0.250. The molecule has 6 heteroatoms. The van der Waals surface area contributed by atoms with Crippen molar-refractivity contribution in [1.82, 2.24) is 14.0 Å². The highest BCUT2D eigenvalue weighted by Gasteiger charge is 2.31. The standard InChI is InChI=1S/C8H11N3O2S/c12-14(13,11-5-6-11)10-7-8-3-1-2-4-9-8/h1-4,10H,5-7H2. The highest BCUT2D eigenvalue weighted by molar-refractivity contribution is 7.87. The molecule has 0 radical (unpaired) electrons. The zero-order valence-corrected chi connectivity index (χ0v) is 8.37. The fourth-order valence-corrected chi connectivity index (χ4v) is 2.12. The lowest BCUT2D eigenvalue weighted by molar-refractivity contribution is 0.546. The third-order valence-corrected chi connectivity index (χ3v) is 3.46. The number of hydrogen-bond donors (Lipinski definition) is 1. The predicted octanol–water partition coefficient (Wildman–Crippen LogP) is -0.268.